The minimum Gasteiger partial charge on any atom is -0.449 e. The summed E-state index contributed by atoms with van der Waals surface area (Å²) in [5, 5.41) is 2.63. The maximum absolute atomic E-state index is 13.0. The molecule has 0 aromatic heterocycles. The maximum Gasteiger partial charge on any atom is 0.338 e. The number of hydrogen-bond acceptors (Lipinski definition) is 5. The van der Waals surface area contributed by atoms with Crippen LogP contribution in [0.1, 0.15) is 36.7 Å². The van der Waals surface area contributed by atoms with E-state index < -0.39 is 33.8 Å². The Labute approximate surface area is 169 Å². The predicted molar refractivity (Wildman–Crippen MR) is 107 cm³/mol. The third kappa shape index (κ3) is 6.02. The molecule has 0 saturated carbocycles. The smallest absolute Gasteiger partial charge is 0.338 e. The molecule has 2 N–H and O–H groups in total. The zero-order chi connectivity index (χ0) is 21.8. The van der Waals surface area contributed by atoms with Crippen molar-refractivity contribution >= 4 is 27.6 Å². The van der Waals surface area contributed by atoms with Gasteiger partial charge in [-0.15, -0.1) is 0 Å². The third-order valence-electron chi connectivity index (χ3n) is 3.89. The van der Waals surface area contributed by atoms with Gasteiger partial charge in [-0.1, -0.05) is 6.07 Å². The van der Waals surface area contributed by atoms with E-state index in [1.165, 1.54) is 37.3 Å². The molecule has 1 amide bonds. The number of ether oxygens (including phenoxy) is 1. The highest BCUT2D eigenvalue weighted by Crippen LogP contribution is 2.22. The van der Waals surface area contributed by atoms with E-state index in [2.05, 4.69) is 10.0 Å². The monoisotopic (exact) mass is 422 g/mol. The van der Waals surface area contributed by atoms with E-state index in [9.17, 15) is 22.4 Å². The van der Waals surface area contributed by atoms with Gasteiger partial charge in [-0.25, -0.2) is 17.6 Å². The van der Waals surface area contributed by atoms with Crippen LogP contribution in [0.25, 0.3) is 0 Å². The van der Waals surface area contributed by atoms with E-state index in [1.54, 1.807) is 20.8 Å². The summed E-state index contributed by atoms with van der Waals surface area (Å²) >= 11 is 0. The van der Waals surface area contributed by atoms with E-state index in [0.29, 0.717) is 5.56 Å². The molecular weight excluding hydrogens is 399 g/mol. The van der Waals surface area contributed by atoms with Gasteiger partial charge in [0.1, 0.15) is 5.82 Å². The fourth-order valence-corrected chi connectivity index (χ4v) is 3.76. The average molecular weight is 422 g/mol. The Kier molecular flexibility index (Phi) is 6.97. The van der Waals surface area contributed by atoms with Gasteiger partial charge in [0.25, 0.3) is 15.9 Å². The second-order valence-electron chi connectivity index (χ2n) is 6.80. The normalized spacial score (nSPS) is 12.3. The van der Waals surface area contributed by atoms with Gasteiger partial charge in [0.15, 0.2) is 6.10 Å². The summed E-state index contributed by atoms with van der Waals surface area (Å²) in [7, 11) is -4.03. The number of carbonyl (C=O) groups excluding carboxylic acids is 2. The molecule has 0 heterocycles. The second-order valence-corrected chi connectivity index (χ2v) is 8.45. The number of aryl methyl sites for hydroxylation is 1. The lowest BCUT2D eigenvalue weighted by Crippen LogP contribution is -2.39. The summed E-state index contributed by atoms with van der Waals surface area (Å²) in [5.41, 5.74) is 0.568. The fraction of sp³-hybridized carbons (Fsp3) is 0.300. The van der Waals surface area contributed by atoms with Crippen LogP contribution >= 0.6 is 0 Å². The minimum absolute atomic E-state index is 0.0146. The van der Waals surface area contributed by atoms with Crippen LogP contribution in [0.15, 0.2) is 47.4 Å². The molecule has 2 rings (SSSR count). The topological polar surface area (TPSA) is 102 Å². The van der Waals surface area contributed by atoms with E-state index in [4.69, 9.17) is 4.74 Å². The van der Waals surface area contributed by atoms with Crippen LogP contribution in [0, 0.1) is 12.7 Å². The van der Waals surface area contributed by atoms with Crippen molar-refractivity contribution < 1.29 is 27.1 Å². The van der Waals surface area contributed by atoms with Gasteiger partial charge in [-0.05, 0) is 69.7 Å². The Balaban J connectivity index is 2.23. The van der Waals surface area contributed by atoms with Gasteiger partial charge in [0.2, 0.25) is 0 Å². The van der Waals surface area contributed by atoms with Crippen molar-refractivity contribution in [2.24, 2.45) is 0 Å². The van der Waals surface area contributed by atoms with Gasteiger partial charge in [-0.3, -0.25) is 9.52 Å². The number of benzene rings is 2. The molecule has 0 fully saturated rings. The Bertz CT molecular complexity index is 1000. The molecular formula is C20H23FN2O5S. The van der Waals surface area contributed by atoms with E-state index in [1.807, 2.05) is 0 Å². The lowest BCUT2D eigenvalue weighted by Gasteiger charge is -2.16. The van der Waals surface area contributed by atoms with Crippen LogP contribution < -0.4 is 10.0 Å². The molecule has 0 saturated heterocycles. The van der Waals surface area contributed by atoms with Gasteiger partial charge >= 0.3 is 5.97 Å². The molecule has 0 aliphatic rings. The Morgan fingerprint density at radius 3 is 2.24 bits per heavy atom. The molecule has 0 unspecified atom stereocenters. The molecule has 156 valence electrons. The van der Waals surface area contributed by atoms with Crippen LogP contribution in [0.2, 0.25) is 0 Å². The summed E-state index contributed by atoms with van der Waals surface area (Å²) in [6.07, 6.45) is -1.04. The van der Waals surface area contributed by atoms with E-state index in [-0.39, 0.29) is 22.2 Å². The SMILES string of the molecule is Cc1ccc(C(=O)O[C@H](C)C(=O)NC(C)C)cc1S(=O)(=O)Nc1ccc(F)cc1. The van der Waals surface area contributed by atoms with Crippen molar-refractivity contribution in [3.8, 4) is 0 Å². The molecule has 2 aromatic carbocycles. The number of anilines is 1. The standard InChI is InChI=1S/C20H23FN2O5S/c1-12(2)22-19(24)14(4)28-20(25)15-6-5-13(3)18(11-15)29(26,27)23-17-9-7-16(21)8-10-17/h5-12,14,23H,1-4H3,(H,22,24)/t14-/m1/s1. The van der Waals surface area contributed by atoms with Crippen molar-refractivity contribution in [1.82, 2.24) is 5.32 Å². The average Bonchev–Trinajstić information content (AvgIpc) is 2.63. The predicted octanol–water partition coefficient (Wildman–Crippen LogP) is 3.00. The van der Waals surface area contributed by atoms with Crippen LogP contribution in [0.4, 0.5) is 10.1 Å². The number of nitrogens with one attached hydrogen (secondary N) is 2. The van der Waals surface area contributed by atoms with Gasteiger partial charge in [-0.2, -0.15) is 0 Å². The van der Waals surface area contributed by atoms with Gasteiger partial charge in [0, 0.05) is 11.7 Å². The number of halogens is 1. The van der Waals surface area contributed by atoms with Crippen LogP contribution in [0.3, 0.4) is 0 Å². The number of hydrogen-bond donors (Lipinski definition) is 2. The van der Waals surface area contributed by atoms with Crippen LogP contribution in [-0.4, -0.2) is 32.4 Å². The summed E-state index contributed by atoms with van der Waals surface area (Å²) < 4.78 is 45.9. The maximum atomic E-state index is 13.0. The first kappa shape index (κ1) is 22.4. The summed E-state index contributed by atoms with van der Waals surface area (Å²) in [4.78, 5) is 24.2. The molecule has 7 nitrogen and oxygen atoms in total. The minimum atomic E-state index is -4.03. The van der Waals surface area contributed by atoms with Crippen molar-refractivity contribution in [3.63, 3.8) is 0 Å². The summed E-state index contributed by atoms with van der Waals surface area (Å²) in [5.74, 6) is -1.77. The zero-order valence-electron chi connectivity index (χ0n) is 16.5. The third-order valence-corrected chi connectivity index (χ3v) is 5.42. The van der Waals surface area contributed by atoms with Crippen LogP contribution in [-0.2, 0) is 19.6 Å². The second kappa shape index (κ2) is 9.04. The number of rotatable bonds is 7. The summed E-state index contributed by atoms with van der Waals surface area (Å²) in [6, 6.07) is 8.78. The lowest BCUT2D eigenvalue weighted by molar-refractivity contribution is -0.129. The highest BCUT2D eigenvalue weighted by molar-refractivity contribution is 7.92. The highest BCUT2D eigenvalue weighted by Gasteiger charge is 2.23. The molecule has 29 heavy (non-hydrogen) atoms. The van der Waals surface area contributed by atoms with Gasteiger partial charge in [0.05, 0.1) is 10.5 Å². The molecule has 2 aromatic rings. The molecule has 0 spiro atoms. The molecule has 1 atom stereocenters. The largest absolute Gasteiger partial charge is 0.449 e. The van der Waals surface area contributed by atoms with Crippen molar-refractivity contribution in [3.05, 3.63) is 59.4 Å². The Hall–Kier alpha value is -2.94. The number of carbonyl (C=O) groups is 2. The first-order valence-corrected chi connectivity index (χ1v) is 10.4. The molecule has 0 aliphatic heterocycles. The van der Waals surface area contributed by atoms with E-state index in [0.717, 1.165) is 12.1 Å². The number of esters is 1. The fourth-order valence-electron chi connectivity index (χ4n) is 2.43. The van der Waals surface area contributed by atoms with E-state index >= 15 is 0 Å². The van der Waals surface area contributed by atoms with Crippen LogP contribution in [0.5, 0.6) is 0 Å². The quantitative estimate of drug-likeness (QED) is 0.668. The lowest BCUT2D eigenvalue weighted by atomic mass is 10.1. The van der Waals surface area contributed by atoms with Gasteiger partial charge < -0.3 is 10.1 Å². The Morgan fingerprint density at radius 1 is 1.03 bits per heavy atom. The molecule has 0 radical (unpaired) electrons. The van der Waals surface area contributed by atoms with Crippen molar-refractivity contribution in [1.29, 1.82) is 0 Å². The highest BCUT2D eigenvalue weighted by atomic mass is 32.2. The summed E-state index contributed by atoms with van der Waals surface area (Å²) in [6.45, 7) is 6.56. The van der Waals surface area contributed by atoms with Crippen molar-refractivity contribution in [2.75, 3.05) is 4.72 Å². The molecule has 0 bridgehead atoms. The van der Waals surface area contributed by atoms with Crippen molar-refractivity contribution in [2.45, 2.75) is 44.7 Å². The zero-order valence-corrected chi connectivity index (χ0v) is 17.3. The first-order chi connectivity index (χ1) is 13.5. The number of amides is 1. The first-order valence-electron chi connectivity index (χ1n) is 8.90. The Morgan fingerprint density at radius 2 is 1.66 bits per heavy atom. The molecule has 9 heteroatoms. The molecule has 0 aliphatic carbocycles. The number of sulfonamides is 1.